The van der Waals surface area contributed by atoms with E-state index in [0.29, 0.717) is 10.0 Å². The number of hydrogen-bond donors (Lipinski definition) is 2. The Morgan fingerprint density at radius 2 is 1.94 bits per heavy atom. The summed E-state index contributed by atoms with van der Waals surface area (Å²) in [5.74, 6) is -1.34. The van der Waals surface area contributed by atoms with Crippen molar-refractivity contribution in [1.29, 1.82) is 0 Å². The van der Waals surface area contributed by atoms with Crippen LogP contribution in [-0.4, -0.2) is 31.6 Å². The molecule has 7 heteroatoms. The summed E-state index contributed by atoms with van der Waals surface area (Å²) < 4.78 is 5.33. The second kappa shape index (κ2) is 6.75. The molecule has 0 bridgehead atoms. The Kier molecular flexibility index (Phi) is 5.31. The van der Waals surface area contributed by atoms with Crippen molar-refractivity contribution >= 4 is 33.8 Å². The Hall–Kier alpha value is -1.89. The first kappa shape index (κ1) is 14.2. The SMILES string of the molecule is CNC(=O)NC(=O)COC(=O)c1ccccc1Br. The molecule has 0 fully saturated rings. The summed E-state index contributed by atoms with van der Waals surface area (Å²) in [7, 11) is 1.37. The quantitative estimate of drug-likeness (QED) is 0.817. The van der Waals surface area contributed by atoms with E-state index in [1.807, 2.05) is 5.32 Å². The lowest BCUT2D eigenvalue weighted by Gasteiger charge is -2.06. The van der Waals surface area contributed by atoms with E-state index in [-0.39, 0.29) is 0 Å². The third-order valence-electron chi connectivity index (χ3n) is 1.91. The number of hydrogen-bond acceptors (Lipinski definition) is 4. The number of ether oxygens (including phenoxy) is 1. The largest absolute Gasteiger partial charge is 0.452 e. The highest BCUT2D eigenvalue weighted by Crippen LogP contribution is 2.16. The van der Waals surface area contributed by atoms with Crippen LogP contribution in [0.4, 0.5) is 4.79 Å². The van der Waals surface area contributed by atoms with Gasteiger partial charge in [0.1, 0.15) is 0 Å². The zero-order valence-electron chi connectivity index (χ0n) is 9.53. The molecule has 0 atom stereocenters. The molecule has 2 N–H and O–H groups in total. The van der Waals surface area contributed by atoms with Crippen molar-refractivity contribution in [2.45, 2.75) is 0 Å². The van der Waals surface area contributed by atoms with Crippen LogP contribution < -0.4 is 10.6 Å². The maximum atomic E-state index is 11.6. The van der Waals surface area contributed by atoms with E-state index >= 15 is 0 Å². The predicted octanol–water partition coefficient (Wildman–Crippen LogP) is 1.06. The minimum Gasteiger partial charge on any atom is -0.452 e. The number of esters is 1. The molecular formula is C11H11BrN2O4. The van der Waals surface area contributed by atoms with Gasteiger partial charge in [0, 0.05) is 11.5 Å². The number of nitrogens with one attached hydrogen (secondary N) is 2. The third kappa shape index (κ3) is 4.17. The predicted molar refractivity (Wildman–Crippen MR) is 67.0 cm³/mol. The maximum absolute atomic E-state index is 11.6. The van der Waals surface area contributed by atoms with Crippen molar-refractivity contribution < 1.29 is 19.1 Å². The van der Waals surface area contributed by atoms with E-state index in [9.17, 15) is 14.4 Å². The summed E-state index contributed by atoms with van der Waals surface area (Å²) in [5, 5.41) is 4.18. The van der Waals surface area contributed by atoms with Gasteiger partial charge in [-0.3, -0.25) is 10.1 Å². The molecule has 0 spiro atoms. The van der Waals surface area contributed by atoms with Gasteiger partial charge in [-0.05, 0) is 28.1 Å². The average Bonchev–Trinajstić information content (AvgIpc) is 2.36. The molecule has 1 aromatic carbocycles. The van der Waals surface area contributed by atoms with Gasteiger partial charge in [0.2, 0.25) is 0 Å². The van der Waals surface area contributed by atoms with Gasteiger partial charge < -0.3 is 10.1 Å². The van der Waals surface area contributed by atoms with Crippen molar-refractivity contribution in [2.24, 2.45) is 0 Å². The number of halogens is 1. The fraction of sp³-hybridized carbons (Fsp3) is 0.182. The molecule has 0 aliphatic heterocycles. The van der Waals surface area contributed by atoms with Crippen molar-refractivity contribution in [1.82, 2.24) is 10.6 Å². The Balaban J connectivity index is 2.50. The normalized spacial score (nSPS) is 9.44. The minimum atomic E-state index is -0.699. The fourth-order valence-electron chi connectivity index (χ4n) is 1.06. The molecule has 0 heterocycles. The zero-order valence-corrected chi connectivity index (χ0v) is 11.1. The van der Waals surface area contributed by atoms with Gasteiger partial charge in [-0.2, -0.15) is 0 Å². The smallest absolute Gasteiger partial charge is 0.339 e. The Bertz CT molecular complexity index is 476. The molecule has 1 aromatic rings. The summed E-state index contributed by atoms with van der Waals surface area (Å²) in [6, 6.07) is 6.01. The number of imide groups is 1. The fourth-order valence-corrected chi connectivity index (χ4v) is 1.51. The first-order valence-corrected chi connectivity index (χ1v) is 5.77. The topological polar surface area (TPSA) is 84.5 Å². The van der Waals surface area contributed by atoms with E-state index in [2.05, 4.69) is 21.2 Å². The molecule has 0 saturated heterocycles. The highest BCUT2D eigenvalue weighted by Gasteiger charge is 2.13. The number of amides is 3. The third-order valence-corrected chi connectivity index (χ3v) is 2.60. The highest BCUT2D eigenvalue weighted by atomic mass is 79.9. The van der Waals surface area contributed by atoms with Crippen molar-refractivity contribution in [2.75, 3.05) is 13.7 Å². The first-order chi connectivity index (χ1) is 8.54. The van der Waals surface area contributed by atoms with E-state index < -0.39 is 24.5 Å². The summed E-state index contributed by atoms with van der Waals surface area (Å²) in [6.45, 7) is -0.520. The summed E-state index contributed by atoms with van der Waals surface area (Å²) in [4.78, 5) is 33.6. The van der Waals surface area contributed by atoms with Crippen molar-refractivity contribution in [3.8, 4) is 0 Å². The number of carbonyl (C=O) groups is 3. The number of carbonyl (C=O) groups excluding carboxylic acids is 3. The number of rotatable bonds is 3. The lowest BCUT2D eigenvalue weighted by molar-refractivity contribution is -0.123. The molecule has 0 unspecified atom stereocenters. The van der Waals surface area contributed by atoms with Gasteiger partial charge in [-0.15, -0.1) is 0 Å². The van der Waals surface area contributed by atoms with Crippen LogP contribution >= 0.6 is 15.9 Å². The molecular weight excluding hydrogens is 304 g/mol. The molecule has 0 aliphatic rings. The summed E-state index contributed by atoms with van der Waals surface area (Å²) >= 11 is 3.19. The van der Waals surface area contributed by atoms with E-state index in [0.717, 1.165) is 0 Å². The Labute approximate surface area is 112 Å². The van der Waals surface area contributed by atoms with Gasteiger partial charge in [0.15, 0.2) is 6.61 Å². The second-order valence-electron chi connectivity index (χ2n) is 3.18. The molecule has 96 valence electrons. The molecule has 1 rings (SSSR count). The molecule has 0 radical (unpaired) electrons. The molecule has 0 saturated carbocycles. The van der Waals surface area contributed by atoms with Crippen LogP contribution in [0.3, 0.4) is 0 Å². The zero-order chi connectivity index (χ0) is 13.5. The van der Waals surface area contributed by atoms with E-state index in [1.165, 1.54) is 7.05 Å². The maximum Gasteiger partial charge on any atom is 0.339 e. The van der Waals surface area contributed by atoms with Crippen LogP contribution in [-0.2, 0) is 9.53 Å². The lowest BCUT2D eigenvalue weighted by atomic mass is 10.2. The summed E-state index contributed by atoms with van der Waals surface area (Å²) in [5.41, 5.74) is 0.310. The number of benzene rings is 1. The van der Waals surface area contributed by atoms with Crippen LogP contribution in [0.2, 0.25) is 0 Å². The summed E-state index contributed by atoms with van der Waals surface area (Å²) in [6.07, 6.45) is 0. The second-order valence-corrected chi connectivity index (χ2v) is 4.04. The minimum absolute atomic E-state index is 0.310. The van der Waals surface area contributed by atoms with Crippen LogP contribution in [0, 0.1) is 0 Å². The molecule has 18 heavy (non-hydrogen) atoms. The Morgan fingerprint density at radius 1 is 1.28 bits per heavy atom. The average molecular weight is 315 g/mol. The van der Waals surface area contributed by atoms with Gasteiger partial charge in [0.25, 0.3) is 5.91 Å². The molecule has 6 nitrogen and oxygen atoms in total. The lowest BCUT2D eigenvalue weighted by Crippen LogP contribution is -2.39. The van der Waals surface area contributed by atoms with Crippen LogP contribution in [0.15, 0.2) is 28.7 Å². The first-order valence-electron chi connectivity index (χ1n) is 4.98. The van der Waals surface area contributed by atoms with Crippen LogP contribution in [0.5, 0.6) is 0 Å². The van der Waals surface area contributed by atoms with E-state index in [4.69, 9.17) is 4.74 Å². The number of urea groups is 1. The van der Waals surface area contributed by atoms with Crippen molar-refractivity contribution in [3.63, 3.8) is 0 Å². The van der Waals surface area contributed by atoms with E-state index in [1.54, 1.807) is 24.3 Å². The Morgan fingerprint density at radius 3 is 2.56 bits per heavy atom. The monoisotopic (exact) mass is 314 g/mol. The standard InChI is InChI=1S/C11H11BrN2O4/c1-13-11(17)14-9(15)6-18-10(16)7-4-2-3-5-8(7)12/h2-5H,6H2,1H3,(H2,13,14,15,17). The molecule has 0 aliphatic carbocycles. The van der Waals surface area contributed by atoms with Gasteiger partial charge in [0.05, 0.1) is 5.56 Å². The highest BCUT2D eigenvalue weighted by molar-refractivity contribution is 9.10. The molecule has 3 amide bonds. The van der Waals surface area contributed by atoms with Gasteiger partial charge in [-0.25, -0.2) is 9.59 Å². The van der Waals surface area contributed by atoms with Gasteiger partial charge in [-0.1, -0.05) is 12.1 Å². The van der Waals surface area contributed by atoms with Crippen LogP contribution in [0.25, 0.3) is 0 Å². The van der Waals surface area contributed by atoms with Gasteiger partial charge >= 0.3 is 12.0 Å². The van der Waals surface area contributed by atoms with Crippen LogP contribution in [0.1, 0.15) is 10.4 Å². The van der Waals surface area contributed by atoms with Crippen molar-refractivity contribution in [3.05, 3.63) is 34.3 Å². The molecule has 0 aromatic heterocycles.